The van der Waals surface area contributed by atoms with Gasteiger partial charge in [-0.1, -0.05) is 40.5 Å². The molecule has 0 fully saturated rings. The van der Waals surface area contributed by atoms with Crippen molar-refractivity contribution in [2.24, 2.45) is 0 Å². The minimum absolute atomic E-state index is 0.337. The topological polar surface area (TPSA) is 18.5 Å². The van der Waals surface area contributed by atoms with Crippen molar-refractivity contribution in [2.75, 3.05) is 0 Å². The van der Waals surface area contributed by atoms with Gasteiger partial charge in [0.15, 0.2) is 0 Å². The van der Waals surface area contributed by atoms with Crippen molar-refractivity contribution in [1.82, 2.24) is 0 Å². The first kappa shape index (κ1) is 17.1. The highest BCUT2D eigenvalue weighted by Crippen LogP contribution is 2.27. The van der Waals surface area contributed by atoms with Gasteiger partial charge < -0.3 is 8.85 Å². The lowest BCUT2D eigenvalue weighted by molar-refractivity contribution is 0.0862. The fourth-order valence-electron chi connectivity index (χ4n) is 2.05. The summed E-state index contributed by atoms with van der Waals surface area (Å²) >= 11 is 0. The smallest absolute Gasteiger partial charge is 0.338 e. The monoisotopic (exact) mass is 260 g/mol. The predicted molar refractivity (Wildman–Crippen MR) is 77.6 cm³/mol. The van der Waals surface area contributed by atoms with Crippen LogP contribution in [-0.2, 0) is 8.85 Å². The molecule has 3 heteroatoms. The van der Waals surface area contributed by atoms with E-state index in [4.69, 9.17) is 8.85 Å². The lowest BCUT2D eigenvalue weighted by atomic mass is 10.3. The molecule has 0 amide bonds. The summed E-state index contributed by atoms with van der Waals surface area (Å²) in [6, 6.07) is 2.27. The maximum absolute atomic E-state index is 6.36. The molecule has 0 aromatic rings. The highest BCUT2D eigenvalue weighted by atomic mass is 28.4. The van der Waals surface area contributed by atoms with Gasteiger partial charge in [-0.05, 0) is 38.8 Å². The Kier molecular flexibility index (Phi) is 9.19. The summed E-state index contributed by atoms with van der Waals surface area (Å²) in [7, 11) is -1.96. The van der Waals surface area contributed by atoms with Crippen LogP contribution >= 0.6 is 0 Å². The zero-order chi connectivity index (χ0) is 13.3. The van der Waals surface area contributed by atoms with Crippen LogP contribution in [0.15, 0.2) is 0 Å². The zero-order valence-corrected chi connectivity index (χ0v) is 13.7. The summed E-state index contributed by atoms with van der Waals surface area (Å²) in [6.45, 7) is 13.2. The SMILES string of the molecule is CCC[Si](CCC)(OC(C)CC)OC(C)CC. The van der Waals surface area contributed by atoms with Gasteiger partial charge in [-0.15, -0.1) is 0 Å². The molecule has 2 nitrogen and oxygen atoms in total. The molecule has 2 unspecified atom stereocenters. The molecule has 0 aliphatic carbocycles. The van der Waals surface area contributed by atoms with E-state index in [-0.39, 0.29) is 0 Å². The standard InChI is InChI=1S/C14H32O2Si/c1-7-11-17(12-8-2,15-13(5)9-3)16-14(6)10-4/h13-14H,7-12H2,1-6H3. The summed E-state index contributed by atoms with van der Waals surface area (Å²) in [5.41, 5.74) is 0. The molecule has 0 aliphatic heterocycles. The third-order valence-corrected chi connectivity index (χ3v) is 7.43. The Balaban J connectivity index is 4.70. The molecule has 104 valence electrons. The van der Waals surface area contributed by atoms with Gasteiger partial charge in [0.25, 0.3) is 0 Å². The van der Waals surface area contributed by atoms with Gasteiger partial charge in [-0.3, -0.25) is 0 Å². The molecule has 2 atom stereocenters. The maximum Gasteiger partial charge on any atom is 0.338 e. The number of hydrogen-bond acceptors (Lipinski definition) is 2. The van der Waals surface area contributed by atoms with Crippen LogP contribution in [0, 0.1) is 0 Å². The molecule has 0 saturated heterocycles. The third-order valence-electron chi connectivity index (χ3n) is 3.24. The molecule has 0 aromatic carbocycles. The van der Waals surface area contributed by atoms with E-state index in [1.54, 1.807) is 0 Å². The largest absolute Gasteiger partial charge is 0.391 e. The first-order valence-electron chi connectivity index (χ1n) is 7.39. The van der Waals surface area contributed by atoms with E-state index in [2.05, 4.69) is 41.5 Å². The van der Waals surface area contributed by atoms with Crippen molar-refractivity contribution in [3.8, 4) is 0 Å². The van der Waals surface area contributed by atoms with Crippen LogP contribution in [0.25, 0.3) is 0 Å². The molecule has 0 heterocycles. The highest BCUT2D eigenvalue weighted by molar-refractivity contribution is 6.67. The summed E-state index contributed by atoms with van der Waals surface area (Å²) in [6.07, 6.45) is 5.16. The quantitative estimate of drug-likeness (QED) is 0.521. The first-order valence-corrected chi connectivity index (χ1v) is 9.62. The lowest BCUT2D eigenvalue weighted by Crippen LogP contribution is -2.46. The summed E-state index contributed by atoms with van der Waals surface area (Å²) < 4.78 is 12.7. The summed E-state index contributed by atoms with van der Waals surface area (Å²) in [5.74, 6) is 0. The Morgan fingerprint density at radius 1 is 0.765 bits per heavy atom. The second kappa shape index (κ2) is 9.12. The van der Waals surface area contributed by atoms with Gasteiger partial charge in [0.1, 0.15) is 0 Å². The van der Waals surface area contributed by atoms with E-state index in [1.807, 2.05) is 0 Å². The average molecular weight is 260 g/mol. The Labute approximate surface area is 109 Å². The van der Waals surface area contributed by atoms with Gasteiger partial charge in [0, 0.05) is 12.2 Å². The van der Waals surface area contributed by atoms with Crippen LogP contribution in [-0.4, -0.2) is 20.8 Å². The Morgan fingerprint density at radius 3 is 1.35 bits per heavy atom. The van der Waals surface area contributed by atoms with Crippen molar-refractivity contribution in [3.05, 3.63) is 0 Å². The Bertz CT molecular complexity index is 165. The van der Waals surface area contributed by atoms with Crippen molar-refractivity contribution >= 4 is 8.56 Å². The van der Waals surface area contributed by atoms with Gasteiger partial charge in [0.2, 0.25) is 0 Å². The summed E-state index contributed by atoms with van der Waals surface area (Å²) in [5, 5.41) is 0. The average Bonchev–Trinajstić information content (AvgIpc) is 2.29. The minimum atomic E-state index is -1.96. The van der Waals surface area contributed by atoms with E-state index in [0.29, 0.717) is 12.2 Å². The van der Waals surface area contributed by atoms with E-state index in [0.717, 1.165) is 24.9 Å². The van der Waals surface area contributed by atoms with Crippen LogP contribution in [0.5, 0.6) is 0 Å². The molecule has 0 saturated carbocycles. The zero-order valence-electron chi connectivity index (χ0n) is 12.7. The Morgan fingerprint density at radius 2 is 1.12 bits per heavy atom. The van der Waals surface area contributed by atoms with Crippen LogP contribution < -0.4 is 0 Å². The first-order chi connectivity index (χ1) is 8.03. The van der Waals surface area contributed by atoms with E-state index in [9.17, 15) is 0 Å². The maximum atomic E-state index is 6.36. The van der Waals surface area contributed by atoms with Crippen LogP contribution in [0.1, 0.15) is 67.2 Å². The Hall–Kier alpha value is 0.137. The second-order valence-electron chi connectivity index (χ2n) is 5.08. The fraction of sp³-hybridized carbons (Fsp3) is 1.00. The van der Waals surface area contributed by atoms with Crippen LogP contribution in [0.3, 0.4) is 0 Å². The fourth-order valence-corrected chi connectivity index (χ4v) is 6.15. The summed E-state index contributed by atoms with van der Waals surface area (Å²) in [4.78, 5) is 0. The molecule has 0 N–H and O–H groups in total. The predicted octanol–water partition coefficient (Wildman–Crippen LogP) is 4.88. The van der Waals surface area contributed by atoms with Crippen molar-refractivity contribution < 1.29 is 8.85 Å². The molecule has 0 aliphatic rings. The molecular formula is C14H32O2Si. The van der Waals surface area contributed by atoms with Crippen LogP contribution in [0.2, 0.25) is 12.1 Å². The highest BCUT2D eigenvalue weighted by Gasteiger charge is 2.38. The van der Waals surface area contributed by atoms with Gasteiger partial charge in [-0.25, -0.2) is 0 Å². The van der Waals surface area contributed by atoms with Crippen molar-refractivity contribution in [3.63, 3.8) is 0 Å². The molecule has 0 bridgehead atoms. The molecule has 17 heavy (non-hydrogen) atoms. The number of rotatable bonds is 10. The van der Waals surface area contributed by atoms with Gasteiger partial charge >= 0.3 is 8.56 Å². The van der Waals surface area contributed by atoms with Crippen LogP contribution in [0.4, 0.5) is 0 Å². The molecule has 0 radical (unpaired) electrons. The van der Waals surface area contributed by atoms with Gasteiger partial charge in [-0.2, -0.15) is 0 Å². The van der Waals surface area contributed by atoms with Crippen molar-refractivity contribution in [2.45, 2.75) is 91.5 Å². The molecule has 0 spiro atoms. The van der Waals surface area contributed by atoms with E-state index >= 15 is 0 Å². The lowest BCUT2D eigenvalue weighted by Gasteiger charge is -2.35. The molecule has 0 rings (SSSR count). The van der Waals surface area contributed by atoms with E-state index in [1.165, 1.54) is 12.8 Å². The molecule has 0 aromatic heterocycles. The number of hydrogen-bond donors (Lipinski definition) is 0. The minimum Gasteiger partial charge on any atom is -0.391 e. The van der Waals surface area contributed by atoms with Crippen molar-refractivity contribution in [1.29, 1.82) is 0 Å². The second-order valence-corrected chi connectivity index (χ2v) is 8.38. The van der Waals surface area contributed by atoms with Gasteiger partial charge in [0.05, 0.1) is 0 Å². The normalized spacial score (nSPS) is 15.9. The third kappa shape index (κ3) is 6.58. The van der Waals surface area contributed by atoms with E-state index < -0.39 is 8.56 Å². The molecular weight excluding hydrogens is 228 g/mol.